The van der Waals surface area contributed by atoms with Gasteiger partial charge in [-0.2, -0.15) is 0 Å². The number of carbonyl (C=O) groups is 1. The van der Waals surface area contributed by atoms with Gasteiger partial charge in [0.2, 0.25) is 5.91 Å². The third-order valence-corrected chi connectivity index (χ3v) is 4.96. The number of hydrogen-bond donors (Lipinski definition) is 2. The highest BCUT2D eigenvalue weighted by atomic mass is 16.1. The summed E-state index contributed by atoms with van der Waals surface area (Å²) in [5, 5.41) is 3.14. The van der Waals surface area contributed by atoms with E-state index in [4.69, 9.17) is 5.73 Å². The van der Waals surface area contributed by atoms with E-state index in [1.54, 1.807) is 0 Å². The zero-order valence-electron chi connectivity index (χ0n) is 12.3. The highest BCUT2D eigenvalue weighted by Gasteiger charge is 2.28. The van der Waals surface area contributed by atoms with Crippen LogP contribution in [0.25, 0.3) is 0 Å². The van der Waals surface area contributed by atoms with Crippen molar-refractivity contribution in [2.24, 2.45) is 23.0 Å². The zero-order chi connectivity index (χ0) is 13.6. The van der Waals surface area contributed by atoms with Crippen LogP contribution in [0.4, 0.5) is 0 Å². The Balaban J connectivity index is 2.40. The third-order valence-electron chi connectivity index (χ3n) is 4.96. The summed E-state index contributed by atoms with van der Waals surface area (Å²) in [7, 11) is 0. The second-order valence-electron chi connectivity index (χ2n) is 6.09. The molecule has 3 heteroatoms. The van der Waals surface area contributed by atoms with Gasteiger partial charge in [-0.05, 0) is 56.4 Å². The van der Waals surface area contributed by atoms with Crippen molar-refractivity contribution >= 4 is 5.91 Å². The molecule has 0 bridgehead atoms. The Labute approximate surface area is 112 Å². The van der Waals surface area contributed by atoms with Gasteiger partial charge in [-0.3, -0.25) is 4.79 Å². The zero-order valence-corrected chi connectivity index (χ0v) is 12.3. The van der Waals surface area contributed by atoms with Crippen molar-refractivity contribution in [1.82, 2.24) is 5.32 Å². The van der Waals surface area contributed by atoms with Crippen LogP contribution in [0.2, 0.25) is 0 Å². The molecule has 18 heavy (non-hydrogen) atoms. The van der Waals surface area contributed by atoms with Gasteiger partial charge in [0.1, 0.15) is 0 Å². The van der Waals surface area contributed by atoms with Crippen LogP contribution in [0.1, 0.15) is 59.3 Å². The lowest BCUT2D eigenvalue weighted by Crippen LogP contribution is -2.44. The molecular weight excluding hydrogens is 224 g/mol. The van der Waals surface area contributed by atoms with Crippen molar-refractivity contribution in [3.05, 3.63) is 0 Å². The first-order valence-electron chi connectivity index (χ1n) is 7.54. The summed E-state index contributed by atoms with van der Waals surface area (Å²) in [6, 6.07) is 0. The van der Waals surface area contributed by atoms with Crippen molar-refractivity contribution in [2.75, 3.05) is 13.1 Å². The van der Waals surface area contributed by atoms with Crippen LogP contribution in [0, 0.1) is 17.3 Å². The van der Waals surface area contributed by atoms with Crippen LogP contribution in [-0.4, -0.2) is 19.0 Å². The molecule has 0 saturated heterocycles. The number of amides is 1. The highest BCUT2D eigenvalue weighted by Crippen LogP contribution is 2.29. The van der Waals surface area contributed by atoms with Crippen molar-refractivity contribution in [2.45, 2.75) is 59.3 Å². The first kappa shape index (κ1) is 15.5. The van der Waals surface area contributed by atoms with Gasteiger partial charge < -0.3 is 11.1 Å². The van der Waals surface area contributed by atoms with Crippen molar-refractivity contribution in [3.8, 4) is 0 Å². The molecule has 0 atom stereocenters. The quantitative estimate of drug-likeness (QED) is 0.765. The lowest BCUT2D eigenvalue weighted by atomic mass is 9.80. The maximum Gasteiger partial charge on any atom is 0.223 e. The molecule has 3 nitrogen and oxygen atoms in total. The fourth-order valence-electron chi connectivity index (χ4n) is 2.80. The van der Waals surface area contributed by atoms with E-state index < -0.39 is 0 Å². The summed E-state index contributed by atoms with van der Waals surface area (Å²) in [4.78, 5) is 12.1. The largest absolute Gasteiger partial charge is 0.355 e. The maximum atomic E-state index is 12.1. The Morgan fingerprint density at radius 1 is 1.22 bits per heavy atom. The van der Waals surface area contributed by atoms with Gasteiger partial charge in [-0.15, -0.1) is 0 Å². The first-order valence-corrected chi connectivity index (χ1v) is 7.54. The standard InChI is InChI=1S/C15H30N2O/c1-4-15(5-2,10-16)11-17-14(18)13-8-6-12(3)7-9-13/h12-13H,4-11,16H2,1-3H3,(H,17,18). The minimum absolute atomic E-state index is 0.0949. The Morgan fingerprint density at radius 2 is 1.78 bits per heavy atom. The smallest absolute Gasteiger partial charge is 0.223 e. The Kier molecular flexibility index (Phi) is 6.13. The van der Waals surface area contributed by atoms with Crippen LogP contribution in [0.5, 0.6) is 0 Å². The van der Waals surface area contributed by atoms with Crippen LogP contribution in [0.15, 0.2) is 0 Å². The van der Waals surface area contributed by atoms with Gasteiger partial charge in [0.25, 0.3) is 0 Å². The summed E-state index contributed by atoms with van der Waals surface area (Å²) in [5.74, 6) is 1.29. The minimum atomic E-state index is 0.0949. The molecule has 1 amide bonds. The summed E-state index contributed by atoms with van der Waals surface area (Å²) < 4.78 is 0. The number of nitrogens with two attached hydrogens (primary N) is 1. The van der Waals surface area contributed by atoms with Crippen LogP contribution in [-0.2, 0) is 4.79 Å². The summed E-state index contributed by atoms with van der Waals surface area (Å²) >= 11 is 0. The lowest BCUT2D eigenvalue weighted by Gasteiger charge is -2.32. The van der Waals surface area contributed by atoms with Gasteiger partial charge in [0.15, 0.2) is 0 Å². The molecule has 0 heterocycles. The molecule has 0 aromatic carbocycles. The molecular formula is C15H30N2O. The Morgan fingerprint density at radius 3 is 2.22 bits per heavy atom. The fourth-order valence-corrected chi connectivity index (χ4v) is 2.80. The second-order valence-corrected chi connectivity index (χ2v) is 6.09. The summed E-state index contributed by atoms with van der Waals surface area (Å²) in [6.45, 7) is 7.99. The van der Waals surface area contributed by atoms with E-state index in [1.165, 1.54) is 12.8 Å². The van der Waals surface area contributed by atoms with E-state index in [-0.39, 0.29) is 17.2 Å². The lowest BCUT2D eigenvalue weighted by molar-refractivity contribution is -0.126. The molecule has 1 fully saturated rings. The van der Waals surface area contributed by atoms with E-state index in [2.05, 4.69) is 26.1 Å². The predicted molar refractivity (Wildman–Crippen MR) is 76.2 cm³/mol. The van der Waals surface area contributed by atoms with Gasteiger partial charge in [-0.25, -0.2) is 0 Å². The molecule has 1 rings (SSSR count). The van der Waals surface area contributed by atoms with Crippen molar-refractivity contribution in [1.29, 1.82) is 0 Å². The molecule has 0 aromatic heterocycles. The van der Waals surface area contributed by atoms with E-state index in [0.717, 1.165) is 38.1 Å². The Hall–Kier alpha value is -0.570. The first-order chi connectivity index (χ1) is 8.56. The van der Waals surface area contributed by atoms with Crippen molar-refractivity contribution < 1.29 is 4.79 Å². The highest BCUT2D eigenvalue weighted by molar-refractivity contribution is 5.78. The number of hydrogen-bond acceptors (Lipinski definition) is 2. The Bertz CT molecular complexity index is 245. The van der Waals surface area contributed by atoms with Crippen LogP contribution >= 0.6 is 0 Å². The van der Waals surface area contributed by atoms with Gasteiger partial charge in [0.05, 0.1) is 0 Å². The average molecular weight is 254 g/mol. The molecule has 1 aliphatic rings. The van der Waals surface area contributed by atoms with Crippen LogP contribution in [0.3, 0.4) is 0 Å². The van der Waals surface area contributed by atoms with Gasteiger partial charge in [0, 0.05) is 12.5 Å². The molecule has 1 aliphatic carbocycles. The third kappa shape index (κ3) is 3.98. The van der Waals surface area contributed by atoms with Crippen molar-refractivity contribution in [3.63, 3.8) is 0 Å². The van der Waals surface area contributed by atoms with E-state index in [9.17, 15) is 4.79 Å². The summed E-state index contributed by atoms with van der Waals surface area (Å²) in [5.41, 5.74) is 5.96. The van der Waals surface area contributed by atoms with E-state index in [1.807, 2.05) is 0 Å². The average Bonchev–Trinajstić information content (AvgIpc) is 2.41. The normalized spacial score (nSPS) is 24.9. The number of nitrogens with one attached hydrogen (secondary N) is 1. The topological polar surface area (TPSA) is 55.1 Å². The maximum absolute atomic E-state index is 12.1. The second kappa shape index (κ2) is 7.13. The minimum Gasteiger partial charge on any atom is -0.355 e. The number of rotatable bonds is 6. The number of carbonyl (C=O) groups excluding carboxylic acids is 1. The van der Waals surface area contributed by atoms with Crippen LogP contribution < -0.4 is 11.1 Å². The predicted octanol–water partition coefficient (Wildman–Crippen LogP) is 2.69. The summed E-state index contributed by atoms with van der Waals surface area (Å²) in [6.07, 6.45) is 6.56. The molecule has 3 N–H and O–H groups in total. The fraction of sp³-hybridized carbons (Fsp3) is 0.933. The van der Waals surface area contributed by atoms with Gasteiger partial charge >= 0.3 is 0 Å². The molecule has 0 aliphatic heterocycles. The molecule has 0 aromatic rings. The molecule has 0 unspecified atom stereocenters. The SMILES string of the molecule is CCC(CC)(CN)CNC(=O)C1CCC(C)CC1. The molecule has 0 spiro atoms. The molecule has 106 valence electrons. The molecule has 0 radical (unpaired) electrons. The van der Waals surface area contributed by atoms with E-state index >= 15 is 0 Å². The van der Waals surface area contributed by atoms with Gasteiger partial charge in [-0.1, -0.05) is 20.8 Å². The van der Waals surface area contributed by atoms with E-state index in [0.29, 0.717) is 6.54 Å². The monoisotopic (exact) mass is 254 g/mol. The molecule has 1 saturated carbocycles.